The predicted octanol–water partition coefficient (Wildman–Crippen LogP) is 4.32. The smallest absolute Gasteiger partial charge is 0.273 e. The monoisotopic (exact) mass is 349 g/mol. The molecule has 0 fully saturated rings. The first-order chi connectivity index (χ1) is 12.0. The molecule has 0 aromatic carbocycles. The second kappa shape index (κ2) is 13.8. The second-order valence-corrected chi connectivity index (χ2v) is 5.33. The molecule has 0 amide bonds. The number of allylic oxidation sites excluding steroid dienone is 8. The largest absolute Gasteiger partial charge is 0.523 e. The van der Waals surface area contributed by atoms with Crippen LogP contribution in [0.5, 0.6) is 0 Å². The lowest BCUT2D eigenvalue weighted by atomic mass is 10.1. The Balaban J connectivity index is 3.98. The summed E-state index contributed by atoms with van der Waals surface area (Å²) in [6.45, 7) is 2.10. The van der Waals surface area contributed by atoms with Crippen LogP contribution in [0.4, 0.5) is 0 Å². The van der Waals surface area contributed by atoms with E-state index in [0.717, 1.165) is 32.0 Å². The molecule has 7 heteroatoms. The Morgan fingerprint density at radius 2 is 1.28 bits per heavy atom. The van der Waals surface area contributed by atoms with E-state index in [9.17, 15) is 25.0 Å². The Morgan fingerprint density at radius 1 is 0.840 bits per heavy atom. The Morgan fingerprint density at radius 3 is 1.68 bits per heavy atom. The number of carbonyl (C=O) groups excluding carboxylic acids is 1. The van der Waals surface area contributed by atoms with Gasteiger partial charge in [-0.1, -0.05) is 55.5 Å². The van der Waals surface area contributed by atoms with Crippen LogP contribution in [0.2, 0.25) is 0 Å². The molecule has 1 radical (unpaired) electrons. The number of nitro groups is 2. The van der Waals surface area contributed by atoms with Gasteiger partial charge >= 0.3 is 11.9 Å². The maximum atomic E-state index is 10.7. The van der Waals surface area contributed by atoms with Crippen LogP contribution in [-0.4, -0.2) is 21.8 Å². The van der Waals surface area contributed by atoms with Gasteiger partial charge in [0.05, 0.1) is 6.42 Å². The highest BCUT2D eigenvalue weighted by molar-refractivity contribution is 5.59. The fraction of sp³-hybridized carbons (Fsp3) is 0.500. The fourth-order valence-electron chi connectivity index (χ4n) is 1.94. The molecule has 25 heavy (non-hydrogen) atoms. The van der Waals surface area contributed by atoms with E-state index in [1.807, 2.05) is 18.2 Å². The van der Waals surface area contributed by atoms with E-state index in [-0.39, 0.29) is 6.42 Å². The lowest BCUT2D eigenvalue weighted by molar-refractivity contribution is -0.772. The zero-order chi connectivity index (χ0) is 19.0. The van der Waals surface area contributed by atoms with Gasteiger partial charge in [-0.15, -0.1) is 0 Å². The third-order valence-corrected chi connectivity index (χ3v) is 3.38. The second-order valence-electron chi connectivity index (χ2n) is 5.33. The SMILES string of the molecule is CC/C=C/C/C=C/C/C=C/C/C=C/CCCC([C]=O)([N+](=O)[O-])[N+](=O)[O-]. The first kappa shape index (κ1) is 22.4. The number of rotatable bonds is 14. The van der Waals surface area contributed by atoms with Crippen molar-refractivity contribution < 1.29 is 14.6 Å². The van der Waals surface area contributed by atoms with E-state index in [0.29, 0.717) is 6.42 Å². The molecule has 0 atom stereocenters. The molecule has 0 saturated carbocycles. The molecule has 0 aromatic heterocycles. The van der Waals surface area contributed by atoms with Gasteiger partial charge in [-0.25, -0.2) is 0 Å². The van der Waals surface area contributed by atoms with Crippen LogP contribution in [0, 0.1) is 20.2 Å². The highest BCUT2D eigenvalue weighted by Crippen LogP contribution is 2.17. The van der Waals surface area contributed by atoms with E-state index in [1.54, 1.807) is 6.08 Å². The average Bonchev–Trinajstić information content (AvgIpc) is 2.58. The van der Waals surface area contributed by atoms with E-state index < -0.39 is 21.9 Å². The number of hydrogen-bond acceptors (Lipinski definition) is 5. The van der Waals surface area contributed by atoms with Gasteiger partial charge in [-0.2, -0.15) is 0 Å². The van der Waals surface area contributed by atoms with Gasteiger partial charge in [0.2, 0.25) is 0 Å². The Labute approximate surface area is 148 Å². The zero-order valence-corrected chi connectivity index (χ0v) is 14.5. The lowest BCUT2D eigenvalue weighted by Crippen LogP contribution is -2.47. The van der Waals surface area contributed by atoms with Crippen LogP contribution < -0.4 is 0 Å². The summed E-state index contributed by atoms with van der Waals surface area (Å²) in [5, 5.41) is 21.4. The third-order valence-electron chi connectivity index (χ3n) is 3.38. The summed E-state index contributed by atoms with van der Waals surface area (Å²) in [7, 11) is 0. The summed E-state index contributed by atoms with van der Waals surface area (Å²) >= 11 is 0. The summed E-state index contributed by atoms with van der Waals surface area (Å²) in [6, 6.07) is 0. The number of nitrogens with zero attached hydrogens (tertiary/aromatic N) is 2. The zero-order valence-electron chi connectivity index (χ0n) is 14.5. The summed E-state index contributed by atoms with van der Waals surface area (Å²) in [5.74, 6) is 0. The van der Waals surface area contributed by atoms with E-state index >= 15 is 0 Å². The van der Waals surface area contributed by atoms with Crippen LogP contribution in [0.15, 0.2) is 48.6 Å². The minimum Gasteiger partial charge on any atom is -0.273 e. The highest BCUT2D eigenvalue weighted by atomic mass is 16.7. The molecule has 0 bridgehead atoms. The normalized spacial score (nSPS) is 12.7. The fourth-order valence-corrected chi connectivity index (χ4v) is 1.94. The predicted molar refractivity (Wildman–Crippen MR) is 97.0 cm³/mol. The van der Waals surface area contributed by atoms with Gasteiger partial charge in [0, 0.05) is 0 Å². The summed E-state index contributed by atoms with van der Waals surface area (Å²) < 4.78 is 0. The molecule has 0 aliphatic carbocycles. The van der Waals surface area contributed by atoms with Crippen molar-refractivity contribution >= 4 is 6.29 Å². The molecule has 0 rings (SSSR count). The topological polar surface area (TPSA) is 103 Å². The van der Waals surface area contributed by atoms with Gasteiger partial charge in [0.25, 0.3) is 0 Å². The molecule has 7 nitrogen and oxygen atoms in total. The van der Waals surface area contributed by atoms with Crippen LogP contribution in [0.1, 0.15) is 51.9 Å². The molecular formula is C18H25N2O5. The van der Waals surface area contributed by atoms with Gasteiger partial charge in [0.1, 0.15) is 9.85 Å². The minimum atomic E-state index is -2.84. The Kier molecular flexibility index (Phi) is 12.4. The van der Waals surface area contributed by atoms with Crippen molar-refractivity contribution in [1.29, 1.82) is 0 Å². The number of unbranched alkanes of at least 4 members (excludes halogenated alkanes) is 1. The van der Waals surface area contributed by atoms with Gasteiger partial charge in [-0.05, 0) is 38.5 Å². The molecule has 0 unspecified atom stereocenters. The standard InChI is InChI=1S/C18H25N2O5/c1-2-3-4-5-6-7-8-9-10-11-12-13-14-15-16-18(17-21,19(22)23)20(24)25/h3-4,6-7,9-10,12-13H,2,5,8,11,14-16H2,1H3/b4-3+,7-6+,10-9+,13-12+. The molecule has 137 valence electrons. The van der Waals surface area contributed by atoms with Crippen molar-refractivity contribution in [3.8, 4) is 0 Å². The van der Waals surface area contributed by atoms with Crippen molar-refractivity contribution in [2.75, 3.05) is 0 Å². The van der Waals surface area contributed by atoms with E-state index in [1.165, 1.54) is 0 Å². The molecule has 0 aliphatic rings. The van der Waals surface area contributed by atoms with Crippen molar-refractivity contribution in [2.24, 2.45) is 0 Å². The van der Waals surface area contributed by atoms with Crippen molar-refractivity contribution in [2.45, 2.75) is 57.5 Å². The molecule has 0 spiro atoms. The maximum Gasteiger partial charge on any atom is 0.523 e. The van der Waals surface area contributed by atoms with Crippen LogP contribution >= 0.6 is 0 Å². The summed E-state index contributed by atoms with van der Waals surface area (Å²) in [5.41, 5.74) is -2.84. The summed E-state index contributed by atoms with van der Waals surface area (Å²) in [6.07, 6.45) is 20.8. The third kappa shape index (κ3) is 9.34. The minimum absolute atomic E-state index is 0.172. The van der Waals surface area contributed by atoms with Crippen LogP contribution in [0.25, 0.3) is 0 Å². The number of hydrogen-bond donors (Lipinski definition) is 0. The quantitative estimate of drug-likeness (QED) is 0.153. The maximum absolute atomic E-state index is 10.7. The van der Waals surface area contributed by atoms with Crippen LogP contribution in [0.3, 0.4) is 0 Å². The average molecular weight is 349 g/mol. The van der Waals surface area contributed by atoms with E-state index in [4.69, 9.17) is 0 Å². The van der Waals surface area contributed by atoms with Gasteiger partial charge < -0.3 is 0 Å². The molecule has 0 aromatic rings. The molecular weight excluding hydrogens is 324 g/mol. The lowest BCUT2D eigenvalue weighted by Gasteiger charge is -2.08. The molecule has 0 N–H and O–H groups in total. The molecule has 0 saturated heterocycles. The van der Waals surface area contributed by atoms with Gasteiger partial charge in [0.15, 0.2) is 0 Å². The Hall–Kier alpha value is -2.57. The first-order valence-electron chi connectivity index (χ1n) is 8.29. The van der Waals surface area contributed by atoms with Crippen LogP contribution in [-0.2, 0) is 4.79 Å². The van der Waals surface area contributed by atoms with Crippen molar-refractivity contribution in [1.82, 2.24) is 0 Å². The molecule has 0 aliphatic heterocycles. The summed E-state index contributed by atoms with van der Waals surface area (Å²) in [4.78, 5) is 29.7. The first-order valence-corrected chi connectivity index (χ1v) is 8.29. The Bertz CT molecular complexity index is 522. The highest BCUT2D eigenvalue weighted by Gasteiger charge is 2.57. The van der Waals surface area contributed by atoms with Gasteiger partial charge in [-0.3, -0.25) is 25.0 Å². The van der Waals surface area contributed by atoms with Crippen molar-refractivity contribution in [3.63, 3.8) is 0 Å². The van der Waals surface area contributed by atoms with Crippen molar-refractivity contribution in [3.05, 3.63) is 68.8 Å². The van der Waals surface area contributed by atoms with E-state index in [2.05, 4.69) is 31.2 Å². The molecule has 0 heterocycles.